The van der Waals surface area contributed by atoms with Crippen molar-refractivity contribution in [3.8, 4) is 0 Å². The lowest BCUT2D eigenvalue weighted by atomic mass is 10.1. The van der Waals surface area contributed by atoms with Gasteiger partial charge in [0.25, 0.3) is 0 Å². The molecule has 0 aromatic carbocycles. The van der Waals surface area contributed by atoms with E-state index < -0.39 is 36.0 Å². The summed E-state index contributed by atoms with van der Waals surface area (Å²) in [5.74, 6) is -2.91. The summed E-state index contributed by atoms with van der Waals surface area (Å²) in [6.07, 6.45) is 0.839. The summed E-state index contributed by atoms with van der Waals surface area (Å²) in [4.78, 5) is 39.6. The fourth-order valence-electron chi connectivity index (χ4n) is 0.942. The van der Waals surface area contributed by atoms with E-state index >= 15 is 0 Å². The van der Waals surface area contributed by atoms with Gasteiger partial charge in [0.15, 0.2) is 0 Å². The average molecular weight is 367 g/mol. The number of carboxylic acid groups (broad SMARTS) is 3. The third kappa shape index (κ3) is 23.9. The summed E-state index contributed by atoms with van der Waals surface area (Å²) in [6.45, 7) is 3.63. The molecule has 0 aromatic rings. The molecule has 0 bridgehead atoms. The van der Waals surface area contributed by atoms with Crippen LogP contribution in [0.2, 0.25) is 0 Å². The highest BCUT2D eigenvalue weighted by atomic mass is 16.4. The minimum Gasteiger partial charge on any atom is -0.480 e. The molecule has 0 heterocycles. The van der Waals surface area contributed by atoms with Gasteiger partial charge < -0.3 is 43.6 Å². The zero-order valence-electron chi connectivity index (χ0n) is 14.3. The van der Waals surface area contributed by atoms with Gasteiger partial charge in [0, 0.05) is 6.54 Å². The van der Waals surface area contributed by atoms with Crippen LogP contribution >= 0.6 is 0 Å². The standard InChI is InChI=1S/C6H13N3O3.C5H11NO2.C2H5NO2/c7-4(5(10)11)2-1-3-9-6(8)12;1-3(2)4(6)5(7)8;3-1-2(4)5/h4H,1-3,7H2,(H,10,11)(H3,8,9,12);3-4H,6H2,1-2H3,(H,7,8);1,3H2,(H,4,5). The number of rotatable bonds is 8. The normalized spacial score (nSPS) is 11.8. The average Bonchev–Trinajstić information content (AvgIpc) is 2.51. The van der Waals surface area contributed by atoms with Crippen molar-refractivity contribution >= 4 is 23.9 Å². The number of nitrogens with two attached hydrogens (primary N) is 4. The molecule has 2 unspecified atom stereocenters. The molecular weight excluding hydrogens is 338 g/mol. The molecule has 2 atom stereocenters. The lowest BCUT2D eigenvalue weighted by Crippen LogP contribution is -2.34. The first kappa shape index (κ1) is 27.4. The van der Waals surface area contributed by atoms with Crippen LogP contribution in [0.15, 0.2) is 0 Å². The topological polar surface area (TPSA) is 245 Å². The van der Waals surface area contributed by atoms with Gasteiger partial charge in [-0.2, -0.15) is 0 Å². The van der Waals surface area contributed by atoms with Gasteiger partial charge in [-0.1, -0.05) is 13.8 Å². The van der Waals surface area contributed by atoms with Gasteiger partial charge >= 0.3 is 23.9 Å². The number of carbonyl (C=O) groups is 4. The van der Waals surface area contributed by atoms with Crippen molar-refractivity contribution in [3.05, 3.63) is 0 Å². The van der Waals surface area contributed by atoms with Crippen LogP contribution in [-0.2, 0) is 14.4 Å². The molecule has 0 rings (SSSR count). The van der Waals surface area contributed by atoms with Crippen LogP contribution in [0, 0.1) is 5.92 Å². The van der Waals surface area contributed by atoms with E-state index in [4.69, 9.17) is 32.5 Å². The number of nitrogens with one attached hydrogen (secondary N) is 1. The van der Waals surface area contributed by atoms with Crippen molar-refractivity contribution in [2.24, 2.45) is 28.9 Å². The molecular formula is C13H29N5O7. The molecule has 2 amide bonds. The number of primary amides is 1. The molecule has 12 nitrogen and oxygen atoms in total. The van der Waals surface area contributed by atoms with Gasteiger partial charge in [0.1, 0.15) is 12.1 Å². The summed E-state index contributed by atoms with van der Waals surface area (Å²) in [5.41, 5.74) is 19.7. The zero-order valence-corrected chi connectivity index (χ0v) is 14.3. The maximum atomic E-state index is 10.2. The van der Waals surface area contributed by atoms with E-state index in [1.807, 2.05) is 0 Å². The quantitative estimate of drug-likeness (QED) is 0.218. The molecule has 25 heavy (non-hydrogen) atoms. The Labute approximate surface area is 145 Å². The lowest BCUT2D eigenvalue weighted by Gasteiger charge is -2.07. The third-order valence-electron chi connectivity index (χ3n) is 2.49. The van der Waals surface area contributed by atoms with Crippen molar-refractivity contribution in [3.63, 3.8) is 0 Å². The maximum absolute atomic E-state index is 10.2. The highest BCUT2D eigenvalue weighted by Gasteiger charge is 2.14. The highest BCUT2D eigenvalue weighted by Crippen LogP contribution is 1.96. The van der Waals surface area contributed by atoms with Crippen LogP contribution in [0.25, 0.3) is 0 Å². The van der Waals surface area contributed by atoms with Crippen LogP contribution in [0.5, 0.6) is 0 Å². The Morgan fingerprint density at radius 3 is 1.64 bits per heavy atom. The van der Waals surface area contributed by atoms with E-state index in [0.29, 0.717) is 19.4 Å². The molecule has 0 radical (unpaired) electrons. The zero-order chi connectivity index (χ0) is 20.6. The fourth-order valence-corrected chi connectivity index (χ4v) is 0.942. The Kier molecular flexibility index (Phi) is 18.0. The van der Waals surface area contributed by atoms with Gasteiger partial charge in [-0.05, 0) is 18.8 Å². The van der Waals surface area contributed by atoms with Crippen LogP contribution in [-0.4, -0.2) is 64.4 Å². The predicted octanol–water partition coefficient (Wildman–Crippen LogP) is -2.07. The van der Waals surface area contributed by atoms with Crippen molar-refractivity contribution < 1.29 is 34.5 Å². The molecule has 0 aromatic heterocycles. The van der Waals surface area contributed by atoms with E-state index in [0.717, 1.165) is 0 Å². The number of aliphatic carboxylic acids is 3. The molecule has 0 fully saturated rings. The summed E-state index contributed by atoms with van der Waals surface area (Å²) < 4.78 is 0. The second-order valence-corrected chi connectivity index (χ2v) is 5.08. The first-order valence-electron chi connectivity index (χ1n) is 7.28. The molecule has 0 aliphatic heterocycles. The van der Waals surface area contributed by atoms with Crippen LogP contribution in [0.4, 0.5) is 4.79 Å². The molecule has 0 aliphatic rings. The van der Waals surface area contributed by atoms with Gasteiger partial charge in [-0.25, -0.2) is 4.79 Å². The first-order chi connectivity index (χ1) is 11.4. The van der Waals surface area contributed by atoms with Crippen LogP contribution in [0.3, 0.4) is 0 Å². The van der Waals surface area contributed by atoms with Gasteiger partial charge in [-0.15, -0.1) is 0 Å². The summed E-state index contributed by atoms with van der Waals surface area (Å²) in [6, 6.07) is -2.19. The van der Waals surface area contributed by atoms with E-state index in [-0.39, 0.29) is 12.5 Å². The summed E-state index contributed by atoms with van der Waals surface area (Å²) in [7, 11) is 0. The minimum atomic E-state index is -1.03. The van der Waals surface area contributed by atoms with Crippen molar-refractivity contribution in [2.45, 2.75) is 38.8 Å². The summed E-state index contributed by atoms with van der Waals surface area (Å²) >= 11 is 0. The molecule has 12 heteroatoms. The largest absolute Gasteiger partial charge is 0.480 e. The fraction of sp³-hybridized carbons (Fsp3) is 0.692. The monoisotopic (exact) mass is 367 g/mol. The van der Waals surface area contributed by atoms with Crippen molar-refractivity contribution in [2.75, 3.05) is 13.1 Å². The van der Waals surface area contributed by atoms with Crippen LogP contribution in [0.1, 0.15) is 26.7 Å². The van der Waals surface area contributed by atoms with Crippen molar-refractivity contribution in [1.82, 2.24) is 5.32 Å². The van der Waals surface area contributed by atoms with E-state index in [1.54, 1.807) is 13.8 Å². The third-order valence-corrected chi connectivity index (χ3v) is 2.49. The van der Waals surface area contributed by atoms with E-state index in [2.05, 4.69) is 11.1 Å². The molecule has 0 aliphatic carbocycles. The van der Waals surface area contributed by atoms with Gasteiger partial charge in [-0.3, -0.25) is 14.4 Å². The number of carbonyl (C=O) groups excluding carboxylic acids is 1. The van der Waals surface area contributed by atoms with E-state index in [9.17, 15) is 19.2 Å². The SMILES string of the molecule is CC(C)C(N)C(=O)O.NC(=O)NCCCC(N)C(=O)O.NCC(=O)O. The Hall–Kier alpha value is -2.44. The van der Waals surface area contributed by atoms with Gasteiger partial charge in [0.05, 0.1) is 6.54 Å². The second-order valence-electron chi connectivity index (χ2n) is 5.08. The second kappa shape index (κ2) is 16.4. The Morgan fingerprint density at radius 1 is 1.00 bits per heavy atom. The Bertz CT molecular complexity index is 418. The van der Waals surface area contributed by atoms with Crippen molar-refractivity contribution in [1.29, 1.82) is 0 Å². The van der Waals surface area contributed by atoms with Gasteiger partial charge in [0.2, 0.25) is 0 Å². The van der Waals surface area contributed by atoms with E-state index in [1.165, 1.54) is 0 Å². The predicted molar refractivity (Wildman–Crippen MR) is 89.6 cm³/mol. The highest BCUT2D eigenvalue weighted by molar-refractivity contribution is 5.73. The number of urea groups is 1. The Morgan fingerprint density at radius 2 is 1.44 bits per heavy atom. The molecule has 12 N–H and O–H groups in total. The molecule has 148 valence electrons. The maximum Gasteiger partial charge on any atom is 0.320 e. The molecule has 0 saturated carbocycles. The van der Waals surface area contributed by atoms with Crippen LogP contribution < -0.4 is 28.3 Å². The Balaban J connectivity index is -0.000000321. The smallest absolute Gasteiger partial charge is 0.320 e. The number of hydrogen-bond acceptors (Lipinski definition) is 7. The minimum absolute atomic E-state index is 0.0208. The number of amides is 2. The first-order valence-corrected chi connectivity index (χ1v) is 7.28. The lowest BCUT2D eigenvalue weighted by molar-refractivity contribution is -0.140. The summed E-state index contributed by atoms with van der Waals surface area (Å²) in [5, 5.41) is 26.5. The molecule has 0 saturated heterocycles. The number of hydrogen-bond donors (Lipinski definition) is 8. The molecule has 0 spiro atoms. The number of carboxylic acids is 3.